The van der Waals surface area contributed by atoms with E-state index in [1.807, 2.05) is 36.7 Å². The van der Waals surface area contributed by atoms with Crippen LogP contribution in [-0.2, 0) is 7.05 Å². The van der Waals surface area contributed by atoms with Crippen molar-refractivity contribution in [1.82, 2.24) is 9.55 Å². The summed E-state index contributed by atoms with van der Waals surface area (Å²) in [6, 6.07) is 10.1. The van der Waals surface area contributed by atoms with Crippen LogP contribution in [0.25, 0.3) is 11.0 Å². The lowest BCUT2D eigenvalue weighted by Gasteiger charge is -2.16. The predicted octanol–water partition coefficient (Wildman–Crippen LogP) is 5.79. The van der Waals surface area contributed by atoms with Gasteiger partial charge < -0.3 is 9.47 Å². The van der Waals surface area contributed by atoms with Gasteiger partial charge in [-0.2, -0.15) is 4.98 Å². The molecule has 0 radical (unpaired) electrons. The SMILES string of the molecule is CCC(CC)c1ccc(OC)c2nc(Oc3cc(C(C)=O)ccc3C)n(C)c12. The van der Waals surface area contributed by atoms with Crippen molar-refractivity contribution in [3.05, 3.63) is 47.0 Å². The van der Waals surface area contributed by atoms with Gasteiger partial charge in [0, 0.05) is 12.6 Å². The maximum Gasteiger partial charge on any atom is 0.302 e. The summed E-state index contributed by atoms with van der Waals surface area (Å²) in [5.74, 6) is 1.81. The smallest absolute Gasteiger partial charge is 0.302 e. The van der Waals surface area contributed by atoms with E-state index in [2.05, 4.69) is 19.9 Å². The number of aryl methyl sites for hydroxylation is 2. The number of methoxy groups -OCH3 is 1. The maximum absolute atomic E-state index is 11.7. The zero-order valence-electron chi connectivity index (χ0n) is 17.5. The Morgan fingerprint density at radius 3 is 2.46 bits per heavy atom. The zero-order chi connectivity index (χ0) is 20.4. The Hall–Kier alpha value is -2.82. The molecule has 1 heterocycles. The van der Waals surface area contributed by atoms with Crippen molar-refractivity contribution in [2.75, 3.05) is 7.11 Å². The van der Waals surface area contributed by atoms with Gasteiger partial charge in [-0.3, -0.25) is 9.36 Å². The summed E-state index contributed by atoms with van der Waals surface area (Å²) in [4.78, 5) is 16.5. The van der Waals surface area contributed by atoms with Gasteiger partial charge in [0.15, 0.2) is 5.78 Å². The summed E-state index contributed by atoms with van der Waals surface area (Å²) in [6.07, 6.45) is 2.11. The third-order valence-corrected chi connectivity index (χ3v) is 5.42. The molecule has 148 valence electrons. The number of carbonyl (C=O) groups excluding carboxylic acids is 1. The van der Waals surface area contributed by atoms with Gasteiger partial charge in [0.1, 0.15) is 17.0 Å². The number of carbonyl (C=O) groups is 1. The number of aromatic nitrogens is 2. The lowest BCUT2D eigenvalue weighted by molar-refractivity contribution is 0.101. The minimum atomic E-state index is 0.00698. The van der Waals surface area contributed by atoms with Gasteiger partial charge in [0.25, 0.3) is 0 Å². The molecule has 0 saturated heterocycles. The molecule has 0 aliphatic carbocycles. The highest BCUT2D eigenvalue weighted by Crippen LogP contribution is 2.38. The first-order valence-electron chi connectivity index (χ1n) is 9.73. The van der Waals surface area contributed by atoms with E-state index in [0.717, 1.165) is 35.2 Å². The van der Waals surface area contributed by atoms with Gasteiger partial charge in [-0.05, 0) is 55.9 Å². The molecule has 2 aromatic carbocycles. The minimum absolute atomic E-state index is 0.00698. The quantitative estimate of drug-likeness (QED) is 0.487. The summed E-state index contributed by atoms with van der Waals surface area (Å²) in [5.41, 5.74) is 4.65. The third kappa shape index (κ3) is 3.49. The van der Waals surface area contributed by atoms with Crippen LogP contribution in [-0.4, -0.2) is 22.4 Å². The fraction of sp³-hybridized carbons (Fsp3) is 0.391. The molecule has 3 aromatic rings. The largest absolute Gasteiger partial charge is 0.494 e. The van der Waals surface area contributed by atoms with Gasteiger partial charge in [0.05, 0.1) is 12.6 Å². The molecule has 0 saturated carbocycles. The lowest BCUT2D eigenvalue weighted by atomic mass is 9.92. The molecule has 28 heavy (non-hydrogen) atoms. The van der Waals surface area contributed by atoms with Crippen molar-refractivity contribution in [2.45, 2.75) is 46.5 Å². The van der Waals surface area contributed by atoms with Crippen LogP contribution in [0.4, 0.5) is 0 Å². The monoisotopic (exact) mass is 380 g/mol. The number of ether oxygens (including phenoxy) is 2. The molecule has 3 rings (SSSR count). The van der Waals surface area contributed by atoms with E-state index in [9.17, 15) is 4.79 Å². The standard InChI is InChI=1S/C23H28N2O3/c1-7-16(8-2)18-11-12-19(27-6)21-22(18)25(5)23(24-21)28-20-13-17(15(4)26)10-9-14(20)3/h9-13,16H,7-8H2,1-6H3. The molecule has 0 atom stereocenters. The molecule has 0 N–H and O–H groups in total. The van der Waals surface area contributed by atoms with E-state index < -0.39 is 0 Å². The van der Waals surface area contributed by atoms with E-state index in [1.54, 1.807) is 20.1 Å². The van der Waals surface area contributed by atoms with E-state index in [-0.39, 0.29) is 5.78 Å². The Bertz CT molecular complexity index is 1020. The van der Waals surface area contributed by atoms with Gasteiger partial charge in [-0.15, -0.1) is 0 Å². The van der Waals surface area contributed by atoms with Gasteiger partial charge in [-0.1, -0.05) is 32.0 Å². The highest BCUT2D eigenvalue weighted by Gasteiger charge is 2.21. The topological polar surface area (TPSA) is 53.4 Å². The van der Waals surface area contributed by atoms with Crippen LogP contribution in [0.1, 0.15) is 61.0 Å². The first-order chi connectivity index (χ1) is 13.4. The van der Waals surface area contributed by atoms with Crippen LogP contribution in [0.5, 0.6) is 17.5 Å². The molecular weight excluding hydrogens is 352 g/mol. The maximum atomic E-state index is 11.7. The van der Waals surface area contributed by atoms with Gasteiger partial charge >= 0.3 is 6.01 Å². The number of hydrogen-bond acceptors (Lipinski definition) is 4. The molecule has 5 nitrogen and oxygen atoms in total. The Labute approximate surface area is 166 Å². The molecule has 1 aromatic heterocycles. The van der Waals surface area contributed by atoms with Crippen molar-refractivity contribution < 1.29 is 14.3 Å². The second-order valence-corrected chi connectivity index (χ2v) is 7.16. The van der Waals surface area contributed by atoms with Crippen molar-refractivity contribution >= 4 is 16.8 Å². The fourth-order valence-electron chi connectivity index (χ4n) is 3.64. The number of hydrogen-bond donors (Lipinski definition) is 0. The first kappa shape index (κ1) is 19.9. The normalized spacial score (nSPS) is 11.2. The second kappa shape index (κ2) is 8.05. The van der Waals surface area contributed by atoms with Crippen molar-refractivity contribution in [2.24, 2.45) is 7.05 Å². The minimum Gasteiger partial charge on any atom is -0.494 e. The summed E-state index contributed by atoms with van der Waals surface area (Å²) >= 11 is 0. The number of ketones is 1. The summed E-state index contributed by atoms with van der Waals surface area (Å²) < 4.78 is 13.7. The second-order valence-electron chi connectivity index (χ2n) is 7.16. The van der Waals surface area contributed by atoms with Gasteiger partial charge in [0.2, 0.25) is 0 Å². The molecule has 0 fully saturated rings. The number of rotatable bonds is 7. The number of imidazole rings is 1. The summed E-state index contributed by atoms with van der Waals surface area (Å²) in [6.45, 7) is 7.91. The third-order valence-electron chi connectivity index (χ3n) is 5.42. The van der Waals surface area contributed by atoms with Gasteiger partial charge in [-0.25, -0.2) is 0 Å². The van der Waals surface area contributed by atoms with E-state index in [0.29, 0.717) is 23.2 Å². The van der Waals surface area contributed by atoms with Crippen LogP contribution in [0.2, 0.25) is 0 Å². The molecule has 0 spiro atoms. The Balaban J connectivity index is 2.16. The first-order valence-corrected chi connectivity index (χ1v) is 9.73. The summed E-state index contributed by atoms with van der Waals surface area (Å²) in [5, 5.41) is 0. The molecule has 0 aliphatic rings. The van der Waals surface area contributed by atoms with E-state index >= 15 is 0 Å². The molecule has 0 bridgehead atoms. The Morgan fingerprint density at radius 2 is 1.86 bits per heavy atom. The van der Waals surface area contributed by atoms with Crippen LogP contribution >= 0.6 is 0 Å². The van der Waals surface area contributed by atoms with Crippen molar-refractivity contribution in [3.8, 4) is 17.5 Å². The molecule has 0 aliphatic heterocycles. The van der Waals surface area contributed by atoms with Crippen LogP contribution < -0.4 is 9.47 Å². The van der Waals surface area contributed by atoms with Crippen LogP contribution in [0.3, 0.4) is 0 Å². The van der Waals surface area contributed by atoms with Crippen molar-refractivity contribution in [3.63, 3.8) is 0 Å². The zero-order valence-corrected chi connectivity index (χ0v) is 17.5. The van der Waals surface area contributed by atoms with E-state index in [4.69, 9.17) is 14.5 Å². The number of fused-ring (bicyclic) bond motifs is 1. The average Bonchev–Trinajstić information content (AvgIpc) is 3.01. The Kier molecular flexibility index (Phi) is 5.73. The molecule has 0 unspecified atom stereocenters. The number of Topliss-reactive ketones (excluding diaryl/α,β-unsaturated/α-hetero) is 1. The Morgan fingerprint density at radius 1 is 1.14 bits per heavy atom. The number of benzene rings is 2. The number of nitrogens with zero attached hydrogens (tertiary/aromatic N) is 2. The van der Waals surface area contributed by atoms with Crippen LogP contribution in [0.15, 0.2) is 30.3 Å². The predicted molar refractivity (Wildman–Crippen MR) is 112 cm³/mol. The summed E-state index contributed by atoms with van der Waals surface area (Å²) in [7, 11) is 3.61. The molecule has 5 heteroatoms. The fourth-order valence-corrected chi connectivity index (χ4v) is 3.64. The van der Waals surface area contributed by atoms with Crippen LogP contribution in [0, 0.1) is 6.92 Å². The highest BCUT2D eigenvalue weighted by atomic mass is 16.5. The molecular formula is C23H28N2O3. The van der Waals surface area contributed by atoms with E-state index in [1.165, 1.54) is 5.56 Å². The van der Waals surface area contributed by atoms with Crippen molar-refractivity contribution in [1.29, 1.82) is 0 Å². The molecule has 0 amide bonds. The lowest BCUT2D eigenvalue weighted by Crippen LogP contribution is -2.02. The highest BCUT2D eigenvalue weighted by molar-refractivity contribution is 5.94. The average molecular weight is 380 g/mol.